The van der Waals surface area contributed by atoms with E-state index in [9.17, 15) is 4.79 Å². The van der Waals surface area contributed by atoms with Gasteiger partial charge in [-0.3, -0.25) is 4.79 Å². The molecule has 0 aromatic heterocycles. The van der Waals surface area contributed by atoms with Gasteiger partial charge in [-0.15, -0.1) is 0 Å². The molecule has 2 N–H and O–H groups in total. The number of unbranched alkanes of at least 4 members (excludes halogenated alkanes) is 15. The van der Waals surface area contributed by atoms with Crippen molar-refractivity contribution >= 4 is 5.91 Å². The molecule has 2 heteroatoms. The van der Waals surface area contributed by atoms with Gasteiger partial charge in [0.2, 0.25) is 5.91 Å². The zero-order valence-electron chi connectivity index (χ0n) is 18.5. The summed E-state index contributed by atoms with van der Waals surface area (Å²) >= 11 is 0. The van der Waals surface area contributed by atoms with Crippen LogP contribution in [-0.4, -0.2) is 5.91 Å². The monoisotopic (exact) mass is 379 g/mol. The summed E-state index contributed by atoms with van der Waals surface area (Å²) in [6, 6.07) is 0. The third-order valence-corrected chi connectivity index (χ3v) is 6.72. The van der Waals surface area contributed by atoms with Gasteiger partial charge in [0.15, 0.2) is 0 Å². The molecular formula is C25H49NO. The van der Waals surface area contributed by atoms with Crippen LogP contribution in [0.4, 0.5) is 0 Å². The van der Waals surface area contributed by atoms with Crippen molar-refractivity contribution in [1.82, 2.24) is 0 Å². The lowest BCUT2D eigenvalue weighted by Gasteiger charge is -2.26. The highest BCUT2D eigenvalue weighted by Crippen LogP contribution is 2.31. The molecule has 1 saturated carbocycles. The summed E-state index contributed by atoms with van der Waals surface area (Å²) < 4.78 is 0. The Labute approximate surface area is 170 Å². The molecule has 0 radical (unpaired) electrons. The van der Waals surface area contributed by atoms with Crippen molar-refractivity contribution in [2.75, 3.05) is 0 Å². The van der Waals surface area contributed by atoms with Crippen LogP contribution in [0.15, 0.2) is 0 Å². The van der Waals surface area contributed by atoms with Crippen molar-refractivity contribution in [2.24, 2.45) is 17.6 Å². The van der Waals surface area contributed by atoms with Crippen molar-refractivity contribution in [3.8, 4) is 0 Å². The Balaban J connectivity index is 1.73. The first kappa shape index (κ1) is 24.5. The summed E-state index contributed by atoms with van der Waals surface area (Å²) in [5, 5.41) is 0. The second-order valence-corrected chi connectivity index (χ2v) is 9.21. The highest BCUT2D eigenvalue weighted by atomic mass is 16.1. The normalized spacial score (nSPS) is 20.0. The van der Waals surface area contributed by atoms with E-state index in [1.165, 1.54) is 122 Å². The average Bonchev–Trinajstić information content (AvgIpc) is 2.68. The predicted octanol–water partition coefficient (Wildman–Crippen LogP) is 7.93. The van der Waals surface area contributed by atoms with Crippen molar-refractivity contribution in [2.45, 2.75) is 142 Å². The molecule has 160 valence electrons. The molecule has 1 fully saturated rings. The van der Waals surface area contributed by atoms with E-state index in [1.807, 2.05) is 0 Å². The van der Waals surface area contributed by atoms with Crippen LogP contribution < -0.4 is 5.73 Å². The van der Waals surface area contributed by atoms with Crippen LogP contribution in [0.1, 0.15) is 142 Å². The van der Waals surface area contributed by atoms with Crippen molar-refractivity contribution < 1.29 is 4.79 Å². The number of primary amides is 1. The number of rotatable bonds is 18. The SMILES string of the molecule is CCCCCCCCCCCCCCCCCCC1CCC(C(N)=O)CC1. The molecule has 0 unspecified atom stereocenters. The van der Waals surface area contributed by atoms with E-state index < -0.39 is 0 Å². The third kappa shape index (κ3) is 14.2. The molecule has 0 aromatic rings. The van der Waals surface area contributed by atoms with Crippen LogP contribution in [0.25, 0.3) is 0 Å². The topological polar surface area (TPSA) is 43.1 Å². The summed E-state index contributed by atoms with van der Waals surface area (Å²) in [7, 11) is 0. The molecule has 0 aromatic carbocycles. The first-order valence-electron chi connectivity index (χ1n) is 12.5. The number of amides is 1. The third-order valence-electron chi connectivity index (χ3n) is 6.72. The quantitative estimate of drug-likeness (QED) is 0.241. The van der Waals surface area contributed by atoms with Crippen LogP contribution in [0.2, 0.25) is 0 Å². The Morgan fingerprint density at radius 2 is 1.00 bits per heavy atom. The Bertz CT molecular complexity index is 333. The summed E-state index contributed by atoms with van der Waals surface area (Å²) in [6.07, 6.45) is 29.0. The first-order valence-corrected chi connectivity index (χ1v) is 12.5. The first-order chi connectivity index (χ1) is 13.2. The predicted molar refractivity (Wildman–Crippen MR) is 119 cm³/mol. The maximum absolute atomic E-state index is 11.2. The number of hydrogen-bond acceptors (Lipinski definition) is 1. The molecule has 0 bridgehead atoms. The van der Waals surface area contributed by atoms with Crippen LogP contribution in [0.3, 0.4) is 0 Å². The minimum Gasteiger partial charge on any atom is -0.369 e. The molecule has 0 atom stereocenters. The molecule has 1 rings (SSSR count). The van der Waals surface area contributed by atoms with E-state index in [0.717, 1.165) is 18.8 Å². The van der Waals surface area contributed by atoms with Crippen molar-refractivity contribution in [3.05, 3.63) is 0 Å². The minimum absolute atomic E-state index is 0.0733. The smallest absolute Gasteiger partial charge is 0.220 e. The molecule has 2 nitrogen and oxygen atoms in total. The number of carbonyl (C=O) groups is 1. The zero-order valence-corrected chi connectivity index (χ0v) is 18.5. The second kappa shape index (κ2) is 17.6. The fraction of sp³-hybridized carbons (Fsp3) is 0.960. The fourth-order valence-corrected chi connectivity index (χ4v) is 4.72. The number of carbonyl (C=O) groups excluding carboxylic acids is 1. The molecule has 1 amide bonds. The van der Waals surface area contributed by atoms with Crippen LogP contribution >= 0.6 is 0 Å². The zero-order chi connectivity index (χ0) is 19.6. The van der Waals surface area contributed by atoms with Gasteiger partial charge in [-0.2, -0.15) is 0 Å². The molecule has 0 saturated heterocycles. The molecule has 1 aliphatic carbocycles. The van der Waals surface area contributed by atoms with E-state index in [1.54, 1.807) is 0 Å². The maximum atomic E-state index is 11.2. The van der Waals surface area contributed by atoms with E-state index in [2.05, 4.69) is 6.92 Å². The molecule has 0 aliphatic heterocycles. The van der Waals surface area contributed by atoms with Gasteiger partial charge in [0.05, 0.1) is 0 Å². The lowest BCUT2D eigenvalue weighted by Crippen LogP contribution is -2.27. The van der Waals surface area contributed by atoms with Crippen molar-refractivity contribution in [1.29, 1.82) is 0 Å². The molecular weight excluding hydrogens is 330 g/mol. The largest absolute Gasteiger partial charge is 0.369 e. The molecule has 0 heterocycles. The highest BCUT2D eigenvalue weighted by molar-refractivity contribution is 5.76. The van der Waals surface area contributed by atoms with Gasteiger partial charge in [-0.25, -0.2) is 0 Å². The Morgan fingerprint density at radius 3 is 1.37 bits per heavy atom. The average molecular weight is 380 g/mol. The van der Waals surface area contributed by atoms with Gasteiger partial charge in [0, 0.05) is 5.92 Å². The van der Waals surface area contributed by atoms with Crippen LogP contribution in [0.5, 0.6) is 0 Å². The number of nitrogens with two attached hydrogens (primary N) is 1. The van der Waals surface area contributed by atoms with E-state index in [-0.39, 0.29) is 11.8 Å². The summed E-state index contributed by atoms with van der Waals surface area (Å²) in [4.78, 5) is 11.2. The standard InChI is InChI=1S/C25H49NO/c1-2-3-4-5-6-7-8-9-10-11-12-13-14-15-16-17-18-23-19-21-24(22-20-23)25(26)27/h23-24H,2-22H2,1H3,(H2,26,27). The fourth-order valence-electron chi connectivity index (χ4n) is 4.72. The summed E-state index contributed by atoms with van der Waals surface area (Å²) in [5.74, 6) is 0.968. The van der Waals surface area contributed by atoms with Crippen LogP contribution in [-0.2, 0) is 4.79 Å². The van der Waals surface area contributed by atoms with Gasteiger partial charge in [-0.05, 0) is 31.6 Å². The van der Waals surface area contributed by atoms with E-state index in [4.69, 9.17) is 5.73 Å². The van der Waals surface area contributed by atoms with E-state index in [0.29, 0.717) is 0 Å². The Morgan fingerprint density at radius 1 is 0.630 bits per heavy atom. The van der Waals surface area contributed by atoms with Gasteiger partial charge in [0.1, 0.15) is 0 Å². The molecule has 1 aliphatic rings. The van der Waals surface area contributed by atoms with Gasteiger partial charge in [-0.1, -0.05) is 116 Å². The minimum atomic E-state index is -0.0733. The highest BCUT2D eigenvalue weighted by Gasteiger charge is 2.24. The summed E-state index contributed by atoms with van der Waals surface area (Å²) in [5.41, 5.74) is 5.41. The Hall–Kier alpha value is -0.530. The lowest BCUT2D eigenvalue weighted by molar-refractivity contribution is -0.122. The maximum Gasteiger partial charge on any atom is 0.220 e. The lowest BCUT2D eigenvalue weighted by atomic mass is 9.79. The van der Waals surface area contributed by atoms with Gasteiger partial charge >= 0.3 is 0 Å². The van der Waals surface area contributed by atoms with Gasteiger partial charge < -0.3 is 5.73 Å². The number of hydrogen-bond donors (Lipinski definition) is 1. The molecule has 0 spiro atoms. The van der Waals surface area contributed by atoms with E-state index >= 15 is 0 Å². The van der Waals surface area contributed by atoms with Gasteiger partial charge in [0.25, 0.3) is 0 Å². The summed E-state index contributed by atoms with van der Waals surface area (Å²) in [6.45, 7) is 2.29. The van der Waals surface area contributed by atoms with Crippen molar-refractivity contribution in [3.63, 3.8) is 0 Å². The van der Waals surface area contributed by atoms with Crippen LogP contribution in [0, 0.1) is 11.8 Å². The Kier molecular flexibility index (Phi) is 15.9. The second-order valence-electron chi connectivity index (χ2n) is 9.21. The molecule has 27 heavy (non-hydrogen) atoms.